The van der Waals surface area contributed by atoms with E-state index in [9.17, 15) is 4.79 Å². The van der Waals surface area contributed by atoms with Gasteiger partial charge < -0.3 is 14.4 Å². The first-order valence-electron chi connectivity index (χ1n) is 7.16. The van der Waals surface area contributed by atoms with Crippen LogP contribution >= 0.6 is 0 Å². The van der Waals surface area contributed by atoms with Crippen molar-refractivity contribution in [1.82, 2.24) is 4.90 Å². The van der Waals surface area contributed by atoms with Gasteiger partial charge in [-0.15, -0.1) is 0 Å². The van der Waals surface area contributed by atoms with Crippen molar-refractivity contribution in [3.63, 3.8) is 0 Å². The highest BCUT2D eigenvalue weighted by Crippen LogP contribution is 2.18. The van der Waals surface area contributed by atoms with E-state index in [1.807, 2.05) is 23.1 Å². The number of amides is 1. The maximum atomic E-state index is 12.6. The van der Waals surface area contributed by atoms with Crippen LogP contribution in [0.4, 0.5) is 0 Å². The van der Waals surface area contributed by atoms with Crippen molar-refractivity contribution < 1.29 is 14.3 Å². The number of rotatable bonds is 3. The standard InChI is InChI=1S/C16H23NO3/c1-12(2)15-11-17(8-5-9-20-15)16(18)13-6-4-7-14(10-13)19-3/h4,6-7,10,12,15H,5,8-9,11H2,1-3H3/t15-/m0/s1. The molecule has 1 heterocycles. The zero-order valence-electron chi connectivity index (χ0n) is 12.5. The molecule has 0 radical (unpaired) electrons. The third-order valence-electron chi connectivity index (χ3n) is 3.65. The summed E-state index contributed by atoms with van der Waals surface area (Å²) in [5, 5.41) is 0. The number of nitrogens with zero attached hydrogens (tertiary/aromatic N) is 1. The van der Waals surface area contributed by atoms with Crippen molar-refractivity contribution >= 4 is 5.91 Å². The second kappa shape index (κ2) is 6.75. The summed E-state index contributed by atoms with van der Waals surface area (Å²) in [6.45, 7) is 6.39. The molecule has 0 saturated carbocycles. The van der Waals surface area contributed by atoms with Crippen LogP contribution in [-0.4, -0.2) is 43.7 Å². The number of methoxy groups -OCH3 is 1. The fraction of sp³-hybridized carbons (Fsp3) is 0.562. The SMILES string of the molecule is COc1cccc(C(=O)N2CCCO[C@H](C(C)C)C2)c1. The van der Waals surface area contributed by atoms with Crippen LogP contribution in [-0.2, 0) is 4.74 Å². The van der Waals surface area contributed by atoms with Gasteiger partial charge in [-0.3, -0.25) is 4.79 Å². The lowest BCUT2D eigenvalue weighted by Crippen LogP contribution is -2.38. The summed E-state index contributed by atoms with van der Waals surface area (Å²) in [6.07, 6.45) is 1.01. The summed E-state index contributed by atoms with van der Waals surface area (Å²) < 4.78 is 11.0. The Bertz CT molecular complexity index is 459. The number of carbonyl (C=O) groups is 1. The van der Waals surface area contributed by atoms with E-state index in [1.54, 1.807) is 13.2 Å². The van der Waals surface area contributed by atoms with Gasteiger partial charge in [0.15, 0.2) is 0 Å². The molecule has 1 fully saturated rings. The van der Waals surface area contributed by atoms with Gasteiger partial charge in [0.05, 0.1) is 13.2 Å². The Morgan fingerprint density at radius 2 is 2.25 bits per heavy atom. The molecule has 1 atom stereocenters. The average molecular weight is 277 g/mol. The second-order valence-electron chi connectivity index (χ2n) is 5.49. The lowest BCUT2D eigenvalue weighted by molar-refractivity contribution is 0.0222. The smallest absolute Gasteiger partial charge is 0.254 e. The molecular formula is C16H23NO3. The van der Waals surface area contributed by atoms with Crippen LogP contribution in [0, 0.1) is 5.92 Å². The van der Waals surface area contributed by atoms with E-state index in [0.29, 0.717) is 23.8 Å². The molecule has 0 bridgehead atoms. The molecule has 0 aromatic heterocycles. The van der Waals surface area contributed by atoms with Crippen molar-refractivity contribution in [2.45, 2.75) is 26.4 Å². The molecule has 0 aliphatic carbocycles. The first kappa shape index (κ1) is 14.9. The minimum atomic E-state index is 0.0556. The van der Waals surface area contributed by atoms with Gasteiger partial charge >= 0.3 is 0 Å². The molecular weight excluding hydrogens is 254 g/mol. The average Bonchev–Trinajstić information content (AvgIpc) is 2.72. The highest BCUT2D eigenvalue weighted by molar-refractivity contribution is 5.94. The lowest BCUT2D eigenvalue weighted by Gasteiger charge is -2.26. The van der Waals surface area contributed by atoms with Gasteiger partial charge in [-0.25, -0.2) is 0 Å². The van der Waals surface area contributed by atoms with E-state index in [1.165, 1.54) is 0 Å². The molecule has 0 spiro atoms. The molecule has 110 valence electrons. The molecule has 20 heavy (non-hydrogen) atoms. The minimum Gasteiger partial charge on any atom is -0.497 e. The van der Waals surface area contributed by atoms with Gasteiger partial charge in [0.25, 0.3) is 5.91 Å². The van der Waals surface area contributed by atoms with E-state index >= 15 is 0 Å². The van der Waals surface area contributed by atoms with Crippen LogP contribution in [0.2, 0.25) is 0 Å². The van der Waals surface area contributed by atoms with Crippen molar-refractivity contribution in [2.24, 2.45) is 5.92 Å². The Kier molecular flexibility index (Phi) is 5.01. The largest absolute Gasteiger partial charge is 0.497 e. The maximum absolute atomic E-state index is 12.6. The van der Waals surface area contributed by atoms with E-state index in [4.69, 9.17) is 9.47 Å². The molecule has 4 nitrogen and oxygen atoms in total. The first-order valence-corrected chi connectivity index (χ1v) is 7.16. The van der Waals surface area contributed by atoms with Crippen molar-refractivity contribution in [2.75, 3.05) is 26.8 Å². The number of ether oxygens (including phenoxy) is 2. The molecule has 1 aliphatic heterocycles. The number of benzene rings is 1. The zero-order valence-corrected chi connectivity index (χ0v) is 12.5. The van der Waals surface area contributed by atoms with E-state index < -0.39 is 0 Å². The summed E-state index contributed by atoms with van der Waals surface area (Å²) in [4.78, 5) is 14.5. The Hall–Kier alpha value is -1.55. The fourth-order valence-electron chi connectivity index (χ4n) is 2.38. The Morgan fingerprint density at radius 1 is 1.45 bits per heavy atom. The first-order chi connectivity index (χ1) is 9.61. The van der Waals surface area contributed by atoms with E-state index in [2.05, 4.69) is 13.8 Å². The third kappa shape index (κ3) is 3.51. The van der Waals surface area contributed by atoms with Crippen LogP contribution in [0.5, 0.6) is 5.75 Å². The predicted molar refractivity (Wildman–Crippen MR) is 78.1 cm³/mol. The fourth-order valence-corrected chi connectivity index (χ4v) is 2.38. The molecule has 0 N–H and O–H groups in total. The van der Waals surface area contributed by atoms with Crippen LogP contribution in [0.3, 0.4) is 0 Å². The van der Waals surface area contributed by atoms with E-state index in [0.717, 1.165) is 19.6 Å². The van der Waals surface area contributed by atoms with Crippen molar-refractivity contribution in [1.29, 1.82) is 0 Å². The van der Waals surface area contributed by atoms with Crippen molar-refractivity contribution in [3.05, 3.63) is 29.8 Å². The number of carbonyl (C=O) groups excluding carboxylic acids is 1. The van der Waals surface area contributed by atoms with E-state index in [-0.39, 0.29) is 12.0 Å². The van der Waals surface area contributed by atoms with Gasteiger partial charge in [-0.05, 0) is 30.5 Å². The molecule has 1 aromatic carbocycles. The second-order valence-corrected chi connectivity index (χ2v) is 5.49. The molecule has 4 heteroatoms. The highest BCUT2D eigenvalue weighted by atomic mass is 16.5. The summed E-state index contributed by atoms with van der Waals surface area (Å²) in [6, 6.07) is 7.32. The highest BCUT2D eigenvalue weighted by Gasteiger charge is 2.25. The number of hydrogen-bond acceptors (Lipinski definition) is 3. The quantitative estimate of drug-likeness (QED) is 0.852. The summed E-state index contributed by atoms with van der Waals surface area (Å²) in [5.41, 5.74) is 0.675. The Balaban J connectivity index is 2.13. The third-order valence-corrected chi connectivity index (χ3v) is 3.65. The molecule has 1 amide bonds. The summed E-state index contributed by atoms with van der Waals surface area (Å²) >= 11 is 0. The van der Waals surface area contributed by atoms with Gasteiger partial charge in [0.1, 0.15) is 5.75 Å². The van der Waals surface area contributed by atoms with Gasteiger partial charge in [-0.2, -0.15) is 0 Å². The summed E-state index contributed by atoms with van der Waals surface area (Å²) in [5.74, 6) is 1.18. The predicted octanol–water partition coefficient (Wildman–Crippen LogP) is 2.58. The molecule has 2 rings (SSSR count). The monoisotopic (exact) mass is 277 g/mol. The lowest BCUT2D eigenvalue weighted by atomic mass is 10.1. The normalized spacial score (nSPS) is 19.8. The van der Waals surface area contributed by atoms with Crippen LogP contribution in [0.1, 0.15) is 30.6 Å². The zero-order chi connectivity index (χ0) is 14.5. The summed E-state index contributed by atoms with van der Waals surface area (Å²) in [7, 11) is 1.61. The molecule has 1 aliphatic rings. The van der Waals surface area contributed by atoms with Crippen LogP contribution < -0.4 is 4.74 Å². The van der Waals surface area contributed by atoms with Gasteiger partial charge in [0.2, 0.25) is 0 Å². The Morgan fingerprint density at radius 3 is 2.95 bits per heavy atom. The number of hydrogen-bond donors (Lipinski definition) is 0. The topological polar surface area (TPSA) is 38.8 Å². The molecule has 0 unspecified atom stereocenters. The van der Waals surface area contributed by atoms with Crippen LogP contribution in [0.25, 0.3) is 0 Å². The van der Waals surface area contributed by atoms with Gasteiger partial charge in [0, 0.05) is 25.3 Å². The minimum absolute atomic E-state index is 0.0556. The molecule has 1 saturated heterocycles. The van der Waals surface area contributed by atoms with Gasteiger partial charge in [-0.1, -0.05) is 19.9 Å². The van der Waals surface area contributed by atoms with Crippen molar-refractivity contribution in [3.8, 4) is 5.75 Å². The molecule has 1 aromatic rings. The van der Waals surface area contributed by atoms with Crippen LogP contribution in [0.15, 0.2) is 24.3 Å². The Labute approximate surface area is 120 Å². The maximum Gasteiger partial charge on any atom is 0.254 e.